The quantitative estimate of drug-likeness (QED) is 0.170. The molecule has 0 heterocycles. The van der Waals surface area contributed by atoms with Gasteiger partial charge in [-0.1, -0.05) is 0 Å². The van der Waals surface area contributed by atoms with Gasteiger partial charge in [0.05, 0.1) is 15.9 Å². The molecule has 0 bridgehead atoms. The van der Waals surface area contributed by atoms with Crippen molar-refractivity contribution in [2.45, 2.75) is 24.4 Å². The zero-order valence-corrected chi connectivity index (χ0v) is 12.6. The minimum absolute atomic E-state index is 0.0809. The van der Waals surface area contributed by atoms with Crippen molar-refractivity contribution >= 4 is 23.6 Å². The summed E-state index contributed by atoms with van der Waals surface area (Å²) in [7, 11) is 0. The van der Waals surface area contributed by atoms with E-state index in [1.54, 1.807) is 0 Å². The summed E-state index contributed by atoms with van der Waals surface area (Å²) >= 11 is 0. The molecular formula is C12H14N2O12. The number of hydrogen-bond donors (Lipinski definition) is 6. The lowest BCUT2D eigenvalue weighted by Crippen LogP contribution is -2.48. The molecule has 26 heavy (non-hydrogen) atoms. The summed E-state index contributed by atoms with van der Waals surface area (Å²) in [5.74, 6) is -2.35. The Bertz CT molecular complexity index is 678. The van der Waals surface area contributed by atoms with Gasteiger partial charge in [0, 0.05) is 6.07 Å². The highest BCUT2D eigenvalue weighted by Gasteiger charge is 2.34. The highest BCUT2D eigenvalue weighted by molar-refractivity contribution is 5.73. The number of carbonyl (C=O) groups excluding carboxylic acids is 1. The lowest BCUT2D eigenvalue weighted by Gasteiger charge is -2.21. The van der Waals surface area contributed by atoms with Gasteiger partial charge in [-0.05, 0) is 6.07 Å². The lowest BCUT2D eigenvalue weighted by atomic mass is 10.0. The van der Waals surface area contributed by atoms with E-state index in [0.29, 0.717) is 6.07 Å². The molecular weight excluding hydrogens is 364 g/mol. The van der Waals surface area contributed by atoms with Crippen molar-refractivity contribution in [3.05, 3.63) is 38.4 Å². The van der Waals surface area contributed by atoms with E-state index < -0.39 is 57.4 Å². The van der Waals surface area contributed by atoms with Gasteiger partial charge in [0.1, 0.15) is 18.3 Å². The molecule has 0 aliphatic rings. The van der Waals surface area contributed by atoms with Gasteiger partial charge in [-0.15, -0.1) is 0 Å². The molecule has 0 unspecified atom stereocenters. The molecule has 0 saturated carbocycles. The molecule has 0 saturated heterocycles. The van der Waals surface area contributed by atoms with Crippen LogP contribution in [0.3, 0.4) is 0 Å². The first-order chi connectivity index (χ1) is 11.9. The summed E-state index contributed by atoms with van der Waals surface area (Å²) in [5, 5.41) is 72.5. The van der Waals surface area contributed by atoms with Crippen LogP contribution in [0, 0.1) is 20.2 Å². The fourth-order valence-electron chi connectivity index (χ4n) is 1.39. The molecule has 14 heteroatoms. The third-order valence-corrected chi connectivity index (χ3v) is 2.78. The first-order valence-corrected chi connectivity index (χ1v) is 6.46. The van der Waals surface area contributed by atoms with Crippen molar-refractivity contribution in [1.82, 2.24) is 0 Å². The number of carboxylic acids is 1. The van der Waals surface area contributed by atoms with E-state index in [2.05, 4.69) is 0 Å². The van der Waals surface area contributed by atoms with Gasteiger partial charge in [0.15, 0.2) is 18.1 Å². The van der Waals surface area contributed by atoms with Crippen molar-refractivity contribution in [2.75, 3.05) is 0 Å². The number of phenols is 1. The van der Waals surface area contributed by atoms with Crippen LogP contribution in [-0.2, 0) is 9.59 Å². The summed E-state index contributed by atoms with van der Waals surface area (Å²) in [6.45, 7) is 0. The second-order valence-electron chi connectivity index (χ2n) is 4.58. The van der Waals surface area contributed by atoms with Gasteiger partial charge in [-0.3, -0.25) is 20.2 Å². The Balaban J connectivity index is 0.000000481. The normalized spacial score (nSPS) is 14.8. The van der Waals surface area contributed by atoms with E-state index in [9.17, 15) is 29.8 Å². The van der Waals surface area contributed by atoms with E-state index in [0.717, 1.165) is 12.1 Å². The standard InChI is InChI=1S/C6H4N2O5.C6H10O7/c9-6-2-1-4(7(10)11)3-5(6)8(12)13;7-1-2(8)3(9)4(10)5(11)6(12)13/h1-3,9H;1-5,8-11H,(H,12,13)/t;2-,3+,4-,5-/m.0/s1. The topological polar surface area (TPSA) is 242 Å². The summed E-state index contributed by atoms with van der Waals surface area (Å²) in [5.41, 5.74) is -1.10. The maximum absolute atomic E-state index is 10.2. The van der Waals surface area contributed by atoms with Crippen molar-refractivity contribution < 1.29 is 50.1 Å². The predicted octanol–water partition coefficient (Wildman–Crippen LogP) is -2.08. The monoisotopic (exact) mass is 378 g/mol. The molecule has 1 aromatic carbocycles. The van der Waals surface area contributed by atoms with Crippen molar-refractivity contribution in [3.8, 4) is 5.75 Å². The van der Waals surface area contributed by atoms with Crippen LogP contribution in [-0.4, -0.2) is 77.2 Å². The number of aliphatic carboxylic acids is 1. The molecule has 0 fully saturated rings. The van der Waals surface area contributed by atoms with Crippen molar-refractivity contribution in [2.24, 2.45) is 0 Å². The highest BCUT2D eigenvalue weighted by atomic mass is 16.6. The molecule has 144 valence electrons. The largest absolute Gasteiger partial charge is 0.502 e. The summed E-state index contributed by atoms with van der Waals surface area (Å²) in [6, 6.07) is 2.61. The van der Waals surface area contributed by atoms with E-state index >= 15 is 0 Å². The zero-order chi connectivity index (χ0) is 20.6. The average Bonchev–Trinajstić information content (AvgIpc) is 2.59. The number of carbonyl (C=O) groups is 2. The fraction of sp³-hybridized carbons (Fsp3) is 0.333. The van der Waals surface area contributed by atoms with Crippen LogP contribution in [0.25, 0.3) is 0 Å². The van der Waals surface area contributed by atoms with Gasteiger partial charge >= 0.3 is 11.7 Å². The number of phenolic OH excluding ortho intramolecular Hbond substituents is 1. The first kappa shape index (κ1) is 22.8. The van der Waals surface area contributed by atoms with Crippen LogP contribution in [0.4, 0.5) is 11.4 Å². The number of nitrogens with zero attached hydrogens (tertiary/aromatic N) is 2. The van der Waals surface area contributed by atoms with Crippen LogP contribution in [0.5, 0.6) is 5.75 Å². The van der Waals surface area contributed by atoms with Gasteiger partial charge < -0.3 is 35.4 Å². The third-order valence-electron chi connectivity index (χ3n) is 2.78. The Morgan fingerprint density at radius 3 is 1.96 bits per heavy atom. The number of aliphatic hydroxyl groups excluding tert-OH is 4. The Kier molecular flexibility index (Phi) is 8.72. The van der Waals surface area contributed by atoms with Crippen LogP contribution < -0.4 is 0 Å². The number of carboxylic acid groups (broad SMARTS) is 1. The minimum Gasteiger partial charge on any atom is -0.502 e. The summed E-state index contributed by atoms with van der Waals surface area (Å²) in [4.78, 5) is 38.7. The fourth-order valence-corrected chi connectivity index (χ4v) is 1.39. The van der Waals surface area contributed by atoms with Crippen LogP contribution in [0.15, 0.2) is 18.2 Å². The van der Waals surface area contributed by atoms with Crippen molar-refractivity contribution in [3.63, 3.8) is 0 Å². The molecule has 0 aromatic heterocycles. The number of aromatic hydroxyl groups is 1. The van der Waals surface area contributed by atoms with Crippen LogP contribution in [0.2, 0.25) is 0 Å². The number of non-ortho nitro benzene ring substituents is 1. The molecule has 6 N–H and O–H groups in total. The number of nitro benzene ring substituents is 2. The number of rotatable bonds is 7. The van der Waals surface area contributed by atoms with Crippen LogP contribution >= 0.6 is 0 Å². The lowest BCUT2D eigenvalue weighted by molar-refractivity contribution is -0.394. The number of aliphatic hydroxyl groups is 4. The SMILES string of the molecule is O=C[C@H](O)[C@@H](O)[C@H](O)[C@H](O)C(=O)O.O=[N+]([O-])c1ccc(O)c([N+](=O)[O-])c1. The maximum atomic E-state index is 10.2. The molecule has 0 spiro atoms. The number of hydrogen-bond acceptors (Lipinski definition) is 11. The Labute approximate surface area is 143 Å². The van der Waals surface area contributed by atoms with Gasteiger partial charge in [0.2, 0.25) is 0 Å². The minimum atomic E-state index is -2.25. The van der Waals surface area contributed by atoms with Crippen molar-refractivity contribution in [1.29, 1.82) is 0 Å². The number of nitro groups is 2. The predicted molar refractivity (Wildman–Crippen MR) is 79.1 cm³/mol. The van der Waals surface area contributed by atoms with Crippen LogP contribution in [0.1, 0.15) is 0 Å². The molecule has 14 nitrogen and oxygen atoms in total. The molecule has 1 aromatic rings. The average molecular weight is 378 g/mol. The van der Waals surface area contributed by atoms with E-state index in [1.807, 2.05) is 0 Å². The molecule has 0 amide bonds. The molecule has 4 atom stereocenters. The number of benzene rings is 1. The molecule has 0 aliphatic heterocycles. The van der Waals surface area contributed by atoms with Gasteiger partial charge in [-0.2, -0.15) is 0 Å². The maximum Gasteiger partial charge on any atom is 0.335 e. The van der Waals surface area contributed by atoms with Gasteiger partial charge in [-0.25, -0.2) is 4.79 Å². The molecule has 0 radical (unpaired) electrons. The smallest absolute Gasteiger partial charge is 0.335 e. The Morgan fingerprint density at radius 2 is 1.58 bits per heavy atom. The summed E-state index contributed by atoms with van der Waals surface area (Å²) in [6.07, 6.45) is -8.39. The zero-order valence-electron chi connectivity index (χ0n) is 12.6. The Hall–Kier alpha value is -3.20. The molecule has 0 aliphatic carbocycles. The second kappa shape index (κ2) is 9.94. The number of aldehydes is 1. The molecule has 1 rings (SSSR count). The Morgan fingerprint density at radius 1 is 1.04 bits per heavy atom. The van der Waals surface area contributed by atoms with Gasteiger partial charge in [0.25, 0.3) is 5.69 Å². The second-order valence-corrected chi connectivity index (χ2v) is 4.58. The highest BCUT2D eigenvalue weighted by Crippen LogP contribution is 2.29. The first-order valence-electron chi connectivity index (χ1n) is 6.46. The van der Waals surface area contributed by atoms with E-state index in [1.165, 1.54) is 0 Å². The van der Waals surface area contributed by atoms with E-state index in [-0.39, 0.29) is 6.29 Å². The van der Waals surface area contributed by atoms with E-state index in [4.69, 9.17) is 30.6 Å². The summed E-state index contributed by atoms with van der Waals surface area (Å²) < 4.78 is 0. The third kappa shape index (κ3) is 6.36.